The summed E-state index contributed by atoms with van der Waals surface area (Å²) in [6.45, 7) is 3.10. The molecule has 1 aliphatic rings. The molecule has 0 radical (unpaired) electrons. The summed E-state index contributed by atoms with van der Waals surface area (Å²) >= 11 is 0. The van der Waals surface area contributed by atoms with Gasteiger partial charge in [0.25, 0.3) is 5.91 Å². The lowest BCUT2D eigenvalue weighted by Crippen LogP contribution is -2.48. The number of nitrogens with zero attached hydrogens (tertiary/aromatic N) is 2. The van der Waals surface area contributed by atoms with Gasteiger partial charge in [0.15, 0.2) is 0 Å². The maximum atomic E-state index is 12.2. The quantitative estimate of drug-likeness (QED) is 0.903. The minimum absolute atomic E-state index is 0.0660. The Labute approximate surface area is 125 Å². The molecule has 0 aliphatic carbocycles. The van der Waals surface area contributed by atoms with Crippen LogP contribution in [0.15, 0.2) is 30.3 Å². The SMILES string of the molecule is CC1CN(C(=O)CN(C)C(=O)c2ccccc2)CCC1O. The van der Waals surface area contributed by atoms with Crippen LogP contribution in [0.4, 0.5) is 0 Å². The van der Waals surface area contributed by atoms with Gasteiger partial charge < -0.3 is 14.9 Å². The molecule has 2 unspecified atom stereocenters. The van der Waals surface area contributed by atoms with Crippen molar-refractivity contribution < 1.29 is 14.7 Å². The predicted octanol–water partition coefficient (Wildman–Crippen LogP) is 0.988. The van der Waals surface area contributed by atoms with Gasteiger partial charge in [0.2, 0.25) is 5.91 Å². The Bertz CT molecular complexity index is 504. The molecule has 5 nitrogen and oxygen atoms in total. The Morgan fingerprint density at radius 1 is 1.33 bits per heavy atom. The minimum atomic E-state index is -0.335. The van der Waals surface area contributed by atoms with Gasteiger partial charge in [-0.3, -0.25) is 9.59 Å². The fourth-order valence-electron chi connectivity index (χ4n) is 2.54. The number of likely N-dealkylation sites (N-methyl/N-ethyl adjacent to an activating group) is 1. The average Bonchev–Trinajstić information content (AvgIpc) is 2.50. The highest BCUT2D eigenvalue weighted by atomic mass is 16.3. The number of carbonyl (C=O) groups is 2. The standard InChI is InChI=1S/C16H22N2O3/c1-12-10-18(9-8-14(12)19)15(20)11-17(2)16(21)13-6-4-3-5-7-13/h3-7,12,14,19H,8-11H2,1-2H3. The van der Waals surface area contributed by atoms with E-state index in [0.717, 1.165) is 0 Å². The van der Waals surface area contributed by atoms with Crippen LogP contribution >= 0.6 is 0 Å². The van der Waals surface area contributed by atoms with Crippen LogP contribution in [0.2, 0.25) is 0 Å². The number of benzene rings is 1. The second-order valence-corrected chi connectivity index (χ2v) is 5.70. The Morgan fingerprint density at radius 2 is 2.00 bits per heavy atom. The molecule has 1 N–H and O–H groups in total. The van der Waals surface area contributed by atoms with E-state index in [1.54, 1.807) is 36.2 Å². The molecule has 114 valence electrons. The second kappa shape index (κ2) is 6.72. The molecule has 1 aliphatic heterocycles. The van der Waals surface area contributed by atoms with E-state index >= 15 is 0 Å². The molecular formula is C16H22N2O3. The third-order valence-electron chi connectivity index (χ3n) is 3.95. The van der Waals surface area contributed by atoms with Gasteiger partial charge in [-0.25, -0.2) is 0 Å². The van der Waals surface area contributed by atoms with Gasteiger partial charge in [0.1, 0.15) is 0 Å². The smallest absolute Gasteiger partial charge is 0.254 e. The van der Waals surface area contributed by atoms with Crippen molar-refractivity contribution in [2.45, 2.75) is 19.4 Å². The van der Waals surface area contributed by atoms with E-state index in [4.69, 9.17) is 0 Å². The fraction of sp³-hybridized carbons (Fsp3) is 0.500. The zero-order valence-electron chi connectivity index (χ0n) is 12.5. The molecule has 2 atom stereocenters. The van der Waals surface area contributed by atoms with Gasteiger partial charge in [-0.05, 0) is 24.5 Å². The summed E-state index contributed by atoms with van der Waals surface area (Å²) in [5.41, 5.74) is 0.579. The number of carbonyl (C=O) groups excluding carboxylic acids is 2. The Kier molecular flexibility index (Phi) is 4.96. The third kappa shape index (κ3) is 3.82. The van der Waals surface area contributed by atoms with Crippen LogP contribution in [0.1, 0.15) is 23.7 Å². The van der Waals surface area contributed by atoms with Crippen LogP contribution in [0.3, 0.4) is 0 Å². The van der Waals surface area contributed by atoms with Crippen molar-refractivity contribution in [3.8, 4) is 0 Å². The first-order valence-corrected chi connectivity index (χ1v) is 7.25. The van der Waals surface area contributed by atoms with Crippen molar-refractivity contribution in [1.82, 2.24) is 9.80 Å². The first-order valence-electron chi connectivity index (χ1n) is 7.25. The van der Waals surface area contributed by atoms with Gasteiger partial charge >= 0.3 is 0 Å². The summed E-state index contributed by atoms with van der Waals surface area (Å²) in [6.07, 6.45) is 0.265. The molecule has 1 saturated heterocycles. The molecule has 1 aromatic rings. The van der Waals surface area contributed by atoms with Crippen LogP contribution in [-0.2, 0) is 4.79 Å². The van der Waals surface area contributed by atoms with Crippen molar-refractivity contribution in [1.29, 1.82) is 0 Å². The molecule has 1 heterocycles. The summed E-state index contributed by atoms with van der Waals surface area (Å²) in [6, 6.07) is 8.93. The van der Waals surface area contributed by atoms with Crippen LogP contribution in [-0.4, -0.2) is 59.5 Å². The van der Waals surface area contributed by atoms with Gasteiger partial charge in [0, 0.05) is 25.7 Å². The van der Waals surface area contributed by atoms with E-state index in [9.17, 15) is 14.7 Å². The molecule has 0 aromatic heterocycles. The monoisotopic (exact) mass is 290 g/mol. The molecule has 0 saturated carbocycles. The van der Waals surface area contributed by atoms with Gasteiger partial charge in [-0.1, -0.05) is 25.1 Å². The summed E-state index contributed by atoms with van der Waals surface area (Å²) in [5, 5.41) is 9.69. The van der Waals surface area contributed by atoms with Gasteiger partial charge in [0.05, 0.1) is 12.6 Å². The van der Waals surface area contributed by atoms with Crippen LogP contribution < -0.4 is 0 Å². The number of amides is 2. The molecule has 0 spiro atoms. The third-order valence-corrected chi connectivity index (χ3v) is 3.95. The lowest BCUT2D eigenvalue weighted by atomic mass is 9.97. The molecule has 2 rings (SSSR count). The molecule has 2 amide bonds. The van der Waals surface area contributed by atoms with E-state index in [0.29, 0.717) is 25.1 Å². The summed E-state index contributed by atoms with van der Waals surface area (Å²) in [4.78, 5) is 27.6. The molecule has 0 bridgehead atoms. The fourth-order valence-corrected chi connectivity index (χ4v) is 2.54. The first-order chi connectivity index (χ1) is 9.99. The van der Waals surface area contributed by atoms with E-state index in [1.807, 2.05) is 13.0 Å². The molecule has 1 fully saturated rings. The Morgan fingerprint density at radius 3 is 2.62 bits per heavy atom. The highest BCUT2D eigenvalue weighted by Gasteiger charge is 2.28. The average molecular weight is 290 g/mol. The predicted molar refractivity (Wildman–Crippen MR) is 79.8 cm³/mol. The minimum Gasteiger partial charge on any atom is -0.393 e. The van der Waals surface area contributed by atoms with Crippen LogP contribution in [0.25, 0.3) is 0 Å². The lowest BCUT2D eigenvalue weighted by molar-refractivity contribution is -0.135. The molecule has 21 heavy (non-hydrogen) atoms. The number of hydrogen-bond acceptors (Lipinski definition) is 3. The Balaban J connectivity index is 1.92. The topological polar surface area (TPSA) is 60.9 Å². The molecule has 5 heteroatoms. The van der Waals surface area contributed by atoms with E-state index in [-0.39, 0.29) is 30.4 Å². The van der Waals surface area contributed by atoms with Crippen molar-refractivity contribution in [2.75, 3.05) is 26.7 Å². The summed E-state index contributed by atoms with van der Waals surface area (Å²) < 4.78 is 0. The van der Waals surface area contributed by atoms with E-state index < -0.39 is 0 Å². The molecular weight excluding hydrogens is 268 g/mol. The van der Waals surface area contributed by atoms with Crippen molar-refractivity contribution >= 4 is 11.8 Å². The number of piperidine rings is 1. The van der Waals surface area contributed by atoms with Gasteiger partial charge in [-0.2, -0.15) is 0 Å². The number of aliphatic hydroxyl groups is 1. The highest BCUT2D eigenvalue weighted by molar-refractivity contribution is 5.96. The lowest BCUT2D eigenvalue weighted by Gasteiger charge is -2.35. The maximum Gasteiger partial charge on any atom is 0.254 e. The number of rotatable bonds is 3. The zero-order valence-corrected chi connectivity index (χ0v) is 12.5. The van der Waals surface area contributed by atoms with Gasteiger partial charge in [-0.15, -0.1) is 0 Å². The van der Waals surface area contributed by atoms with E-state index in [1.165, 1.54) is 4.90 Å². The summed E-state index contributed by atoms with van der Waals surface area (Å²) in [7, 11) is 1.63. The molecule has 1 aromatic carbocycles. The van der Waals surface area contributed by atoms with Crippen molar-refractivity contribution in [3.05, 3.63) is 35.9 Å². The zero-order chi connectivity index (χ0) is 15.4. The normalized spacial score (nSPS) is 22.0. The highest BCUT2D eigenvalue weighted by Crippen LogP contribution is 2.16. The van der Waals surface area contributed by atoms with E-state index in [2.05, 4.69) is 0 Å². The first kappa shape index (κ1) is 15.5. The van der Waals surface area contributed by atoms with Crippen LogP contribution in [0.5, 0.6) is 0 Å². The maximum absolute atomic E-state index is 12.2. The number of likely N-dealkylation sites (tertiary alicyclic amines) is 1. The van der Waals surface area contributed by atoms with Crippen LogP contribution in [0, 0.1) is 5.92 Å². The van der Waals surface area contributed by atoms with Crippen molar-refractivity contribution in [2.24, 2.45) is 5.92 Å². The van der Waals surface area contributed by atoms with Crippen molar-refractivity contribution in [3.63, 3.8) is 0 Å². The number of hydrogen-bond donors (Lipinski definition) is 1. The summed E-state index contributed by atoms with van der Waals surface area (Å²) in [5.74, 6) is -0.146. The second-order valence-electron chi connectivity index (χ2n) is 5.70. The number of aliphatic hydroxyl groups excluding tert-OH is 1. The Hall–Kier alpha value is -1.88. The largest absolute Gasteiger partial charge is 0.393 e.